The smallest absolute Gasteiger partial charge is 0.411 e. The highest BCUT2D eigenvalue weighted by molar-refractivity contribution is 5.84. The Morgan fingerprint density at radius 3 is 2.53 bits per heavy atom. The predicted octanol–water partition coefficient (Wildman–Crippen LogP) is 4.42. The molecule has 0 fully saturated rings. The number of halogens is 1. The second kappa shape index (κ2) is 9.46. The summed E-state index contributed by atoms with van der Waals surface area (Å²) < 4.78 is 34.9. The van der Waals surface area contributed by atoms with Crippen molar-refractivity contribution < 1.29 is 32.9 Å². The number of carbonyl (C=O) groups is 2. The Morgan fingerprint density at radius 2 is 1.88 bits per heavy atom. The lowest BCUT2D eigenvalue weighted by atomic mass is 9.92. The molecule has 7 nitrogen and oxygen atoms in total. The molecule has 1 amide bonds. The zero-order valence-corrected chi connectivity index (χ0v) is 18.9. The molecule has 0 spiro atoms. The summed E-state index contributed by atoms with van der Waals surface area (Å²) in [4.78, 5) is 26.6. The van der Waals surface area contributed by atoms with Gasteiger partial charge in [0.15, 0.2) is 17.6 Å². The molecule has 1 aliphatic rings. The second-order valence-corrected chi connectivity index (χ2v) is 8.47. The van der Waals surface area contributed by atoms with Gasteiger partial charge in [0.05, 0.1) is 14.2 Å². The number of rotatable bonds is 5. The molecule has 0 N–H and O–H groups in total. The topological polar surface area (TPSA) is 74.3 Å². The van der Waals surface area contributed by atoms with Crippen LogP contribution in [0.15, 0.2) is 36.4 Å². The molecule has 2 aromatic carbocycles. The molecule has 0 saturated carbocycles. The zero-order chi connectivity index (χ0) is 23.5. The predicted molar refractivity (Wildman–Crippen MR) is 115 cm³/mol. The molecule has 1 aliphatic heterocycles. The van der Waals surface area contributed by atoms with E-state index in [4.69, 9.17) is 18.9 Å². The van der Waals surface area contributed by atoms with E-state index in [1.165, 1.54) is 25.2 Å². The summed E-state index contributed by atoms with van der Waals surface area (Å²) in [5.74, 6) is -0.224. The third-order valence-electron chi connectivity index (χ3n) is 5.02. The molecule has 3 rings (SSSR count). The minimum absolute atomic E-state index is 0.152. The van der Waals surface area contributed by atoms with E-state index in [2.05, 4.69) is 0 Å². The van der Waals surface area contributed by atoms with E-state index in [-0.39, 0.29) is 12.4 Å². The van der Waals surface area contributed by atoms with Crippen LogP contribution in [0.3, 0.4) is 0 Å². The largest absolute Gasteiger partial charge is 0.494 e. The number of esters is 1. The molecular formula is C24H28FNO6. The number of fused-ring (bicyclic) bond motifs is 1. The van der Waals surface area contributed by atoms with Crippen LogP contribution in [0.25, 0.3) is 0 Å². The van der Waals surface area contributed by atoms with Crippen molar-refractivity contribution in [3.05, 3.63) is 58.9 Å². The van der Waals surface area contributed by atoms with Gasteiger partial charge in [0.25, 0.3) is 0 Å². The fourth-order valence-electron chi connectivity index (χ4n) is 3.54. The van der Waals surface area contributed by atoms with Crippen LogP contribution in [-0.2, 0) is 27.3 Å². The molecule has 172 valence electrons. The molecule has 1 heterocycles. The first-order valence-corrected chi connectivity index (χ1v) is 10.3. The molecule has 1 atom stereocenters. The van der Waals surface area contributed by atoms with Gasteiger partial charge in [0.1, 0.15) is 18.0 Å². The van der Waals surface area contributed by atoms with Crippen molar-refractivity contribution in [2.75, 3.05) is 20.8 Å². The fourth-order valence-corrected chi connectivity index (χ4v) is 3.54. The lowest BCUT2D eigenvalue weighted by Gasteiger charge is -2.36. The molecule has 8 heteroatoms. The molecule has 0 radical (unpaired) electrons. The van der Waals surface area contributed by atoms with Gasteiger partial charge in [-0.15, -0.1) is 0 Å². The summed E-state index contributed by atoms with van der Waals surface area (Å²) >= 11 is 0. The van der Waals surface area contributed by atoms with Crippen molar-refractivity contribution in [1.29, 1.82) is 0 Å². The molecule has 0 unspecified atom stereocenters. The first-order chi connectivity index (χ1) is 15.1. The van der Waals surface area contributed by atoms with Gasteiger partial charge in [-0.2, -0.15) is 0 Å². The van der Waals surface area contributed by atoms with Gasteiger partial charge in [0.2, 0.25) is 0 Å². The van der Waals surface area contributed by atoms with E-state index in [0.717, 1.165) is 11.1 Å². The Kier molecular flexibility index (Phi) is 6.91. The normalized spacial score (nSPS) is 15.6. The quantitative estimate of drug-likeness (QED) is 0.635. The van der Waals surface area contributed by atoms with Gasteiger partial charge in [-0.05, 0) is 68.1 Å². The van der Waals surface area contributed by atoms with Crippen LogP contribution in [0.2, 0.25) is 0 Å². The molecule has 0 saturated heterocycles. The monoisotopic (exact) mass is 445 g/mol. The number of hydrogen-bond acceptors (Lipinski definition) is 6. The maximum Gasteiger partial charge on any atom is 0.411 e. The first-order valence-electron chi connectivity index (χ1n) is 10.3. The van der Waals surface area contributed by atoms with Gasteiger partial charge in [-0.1, -0.05) is 12.1 Å². The lowest BCUT2D eigenvalue weighted by Crippen LogP contribution is -2.46. The summed E-state index contributed by atoms with van der Waals surface area (Å²) in [5.41, 5.74) is 1.63. The third kappa shape index (κ3) is 5.30. The summed E-state index contributed by atoms with van der Waals surface area (Å²) in [6, 6.07) is 8.98. The van der Waals surface area contributed by atoms with Crippen LogP contribution in [-0.4, -0.2) is 43.3 Å². The number of methoxy groups -OCH3 is 2. The Balaban J connectivity index is 1.80. The zero-order valence-electron chi connectivity index (χ0n) is 18.9. The van der Waals surface area contributed by atoms with E-state index in [1.54, 1.807) is 45.0 Å². The summed E-state index contributed by atoms with van der Waals surface area (Å²) in [7, 11) is 2.70. The summed E-state index contributed by atoms with van der Waals surface area (Å²) in [6.45, 7) is 5.85. The first kappa shape index (κ1) is 23.4. The molecular weight excluding hydrogens is 417 g/mol. The molecule has 0 aromatic heterocycles. The molecule has 0 aliphatic carbocycles. The number of hydrogen-bond donors (Lipinski definition) is 0. The average Bonchev–Trinajstić information content (AvgIpc) is 2.75. The maximum absolute atomic E-state index is 13.6. The highest BCUT2D eigenvalue weighted by Gasteiger charge is 2.39. The van der Waals surface area contributed by atoms with Crippen LogP contribution < -0.4 is 9.47 Å². The maximum atomic E-state index is 13.6. The van der Waals surface area contributed by atoms with E-state index >= 15 is 0 Å². The molecule has 2 aromatic rings. The number of carbonyl (C=O) groups excluding carboxylic acids is 2. The van der Waals surface area contributed by atoms with Gasteiger partial charge in [-0.3, -0.25) is 4.90 Å². The standard InChI is InChI=1S/C24H28FNO6/c1-24(2,3)32-23(28)26-11-10-16-13-17(7-8-18(16)21(26)22(27)30-5)31-14-15-6-9-19(25)20(12-15)29-4/h6-9,12-13,21H,10-11,14H2,1-5H3/t21-/m1/s1. The fraction of sp³-hybridized carbons (Fsp3) is 0.417. The van der Waals surface area contributed by atoms with E-state index in [0.29, 0.717) is 24.3 Å². The van der Waals surface area contributed by atoms with Crippen LogP contribution in [0, 0.1) is 5.82 Å². The minimum atomic E-state index is -0.894. The van der Waals surface area contributed by atoms with E-state index in [1.807, 2.05) is 6.07 Å². The van der Waals surface area contributed by atoms with Crippen molar-refractivity contribution in [3.8, 4) is 11.5 Å². The number of benzene rings is 2. The van der Waals surface area contributed by atoms with E-state index < -0.39 is 29.5 Å². The third-order valence-corrected chi connectivity index (χ3v) is 5.02. The number of ether oxygens (including phenoxy) is 4. The number of amides is 1. The van der Waals surface area contributed by atoms with Gasteiger partial charge < -0.3 is 18.9 Å². The Morgan fingerprint density at radius 1 is 1.12 bits per heavy atom. The SMILES string of the molecule is COC(=O)[C@H]1c2ccc(OCc3ccc(F)c(OC)c3)cc2CCN1C(=O)OC(C)(C)C. The highest BCUT2D eigenvalue weighted by Crippen LogP contribution is 2.34. The Bertz CT molecular complexity index is 1000. The second-order valence-electron chi connectivity index (χ2n) is 8.47. The molecule has 32 heavy (non-hydrogen) atoms. The van der Waals surface area contributed by atoms with Crippen LogP contribution >= 0.6 is 0 Å². The minimum Gasteiger partial charge on any atom is -0.494 e. The summed E-state index contributed by atoms with van der Waals surface area (Å²) in [6.07, 6.45) is -0.0342. The van der Waals surface area contributed by atoms with Gasteiger partial charge >= 0.3 is 12.1 Å². The lowest BCUT2D eigenvalue weighted by molar-refractivity contribution is -0.147. The van der Waals surface area contributed by atoms with Crippen LogP contribution in [0.1, 0.15) is 43.5 Å². The Hall–Kier alpha value is -3.29. The van der Waals surface area contributed by atoms with Crippen molar-refractivity contribution in [2.24, 2.45) is 0 Å². The average molecular weight is 445 g/mol. The summed E-state index contributed by atoms with van der Waals surface area (Å²) in [5, 5.41) is 0. The number of nitrogens with zero attached hydrogens (tertiary/aromatic N) is 1. The highest BCUT2D eigenvalue weighted by atomic mass is 19.1. The Labute approximate surface area is 187 Å². The van der Waals surface area contributed by atoms with Crippen molar-refractivity contribution in [1.82, 2.24) is 4.90 Å². The van der Waals surface area contributed by atoms with Crippen molar-refractivity contribution in [3.63, 3.8) is 0 Å². The van der Waals surface area contributed by atoms with Gasteiger partial charge in [0, 0.05) is 6.54 Å². The van der Waals surface area contributed by atoms with Gasteiger partial charge in [-0.25, -0.2) is 14.0 Å². The van der Waals surface area contributed by atoms with E-state index in [9.17, 15) is 14.0 Å². The van der Waals surface area contributed by atoms with Crippen LogP contribution in [0.5, 0.6) is 11.5 Å². The van der Waals surface area contributed by atoms with Crippen molar-refractivity contribution in [2.45, 2.75) is 45.4 Å². The van der Waals surface area contributed by atoms with Crippen LogP contribution in [0.4, 0.5) is 9.18 Å². The molecule has 0 bridgehead atoms. The van der Waals surface area contributed by atoms with Crippen molar-refractivity contribution >= 4 is 12.1 Å².